The van der Waals surface area contributed by atoms with Crippen LogP contribution in [0, 0.1) is 0 Å². The van der Waals surface area contributed by atoms with Gasteiger partial charge in [0.05, 0.1) is 12.5 Å². The summed E-state index contributed by atoms with van der Waals surface area (Å²) in [6, 6.07) is 1.65. The molecule has 0 aliphatic heterocycles. The largest absolute Gasteiger partial charge is 0.500 e. The fourth-order valence-corrected chi connectivity index (χ4v) is 6.20. The molecule has 0 bridgehead atoms. The zero-order valence-corrected chi connectivity index (χ0v) is 19.8. The lowest BCUT2D eigenvalue weighted by Gasteiger charge is -2.24. The van der Waals surface area contributed by atoms with E-state index in [1.54, 1.807) is 55.2 Å². The number of hydrogen-bond acceptors (Lipinski definition) is 7. The number of hydrogen-bond donors (Lipinski definition) is 0. The Morgan fingerprint density at radius 2 is 0.852 bits per heavy atom. The van der Waals surface area contributed by atoms with Crippen LogP contribution in [0.15, 0.2) is 24.7 Å². The molecule has 0 radical (unpaired) electrons. The van der Waals surface area contributed by atoms with Gasteiger partial charge in [0.25, 0.3) is 0 Å². The minimum atomic E-state index is -2.42. The van der Waals surface area contributed by atoms with Gasteiger partial charge < -0.3 is 31.3 Å². The highest BCUT2D eigenvalue weighted by atomic mass is 28.4. The predicted octanol–water partition coefficient (Wildman–Crippen LogP) is 4.13. The quantitative estimate of drug-likeness (QED) is 0.187. The molecule has 0 saturated heterocycles. The van der Waals surface area contributed by atoms with Crippen molar-refractivity contribution in [2.24, 2.45) is 0 Å². The Morgan fingerprint density at radius 3 is 1.15 bits per heavy atom. The molecule has 0 spiro atoms. The zero-order valence-electron chi connectivity index (χ0n) is 17.8. The fraction of sp³-hybridized carbons (Fsp3) is 0.778. The van der Waals surface area contributed by atoms with Gasteiger partial charge in [-0.2, -0.15) is 0 Å². The van der Waals surface area contributed by atoms with Gasteiger partial charge in [-0.15, -0.1) is 0 Å². The summed E-state index contributed by atoms with van der Waals surface area (Å²) in [5, 5.41) is 0. The second-order valence-corrected chi connectivity index (χ2v) is 12.1. The first-order valence-corrected chi connectivity index (χ1v) is 13.2. The highest BCUT2D eigenvalue weighted by Gasteiger charge is 2.37. The Morgan fingerprint density at radius 1 is 0.519 bits per heavy atom. The van der Waals surface area contributed by atoms with E-state index in [2.05, 4.69) is 0 Å². The maximum Gasteiger partial charge on any atom is 0.500 e. The molecule has 0 aliphatic carbocycles. The molecule has 7 nitrogen and oxygen atoms in total. The van der Waals surface area contributed by atoms with Crippen LogP contribution in [0.25, 0.3) is 0 Å². The van der Waals surface area contributed by atoms with E-state index in [1.165, 1.54) is 0 Å². The monoisotopic (exact) mass is 422 g/mol. The van der Waals surface area contributed by atoms with Crippen LogP contribution in [-0.4, -0.2) is 60.3 Å². The molecular weight excluding hydrogens is 384 g/mol. The zero-order chi connectivity index (χ0) is 20.4. The normalized spacial score (nSPS) is 13.1. The molecule has 0 fully saturated rings. The van der Waals surface area contributed by atoms with E-state index in [1.807, 2.05) is 12.2 Å². The summed E-state index contributed by atoms with van der Waals surface area (Å²) in [5.74, 6) is 0. The van der Waals surface area contributed by atoms with Gasteiger partial charge in [-0.3, -0.25) is 0 Å². The van der Waals surface area contributed by atoms with Crippen LogP contribution in [0.3, 0.4) is 0 Å². The maximum absolute atomic E-state index is 5.40. The predicted molar refractivity (Wildman–Crippen MR) is 110 cm³/mol. The van der Waals surface area contributed by atoms with Crippen molar-refractivity contribution in [2.45, 2.75) is 50.6 Å². The van der Waals surface area contributed by atoms with Crippen LogP contribution in [0.5, 0.6) is 0 Å². The molecule has 0 saturated carbocycles. The summed E-state index contributed by atoms with van der Waals surface area (Å²) in [6.07, 6.45) is 13.5. The number of allylic oxidation sites excluding steroid dienone is 2. The molecular formula is C18H38O7Si2. The molecule has 0 atom stereocenters. The van der Waals surface area contributed by atoms with Crippen LogP contribution < -0.4 is 0 Å². The van der Waals surface area contributed by atoms with Crippen LogP contribution >= 0.6 is 0 Å². The first-order chi connectivity index (χ1) is 13.1. The summed E-state index contributed by atoms with van der Waals surface area (Å²) in [4.78, 5) is 0. The molecule has 0 unspecified atom stereocenters. The fourth-order valence-electron chi connectivity index (χ4n) is 2.61. The van der Waals surface area contributed by atoms with Gasteiger partial charge in [-0.25, -0.2) is 0 Å². The van der Waals surface area contributed by atoms with Crippen molar-refractivity contribution in [2.75, 3.05) is 42.7 Å². The third kappa shape index (κ3) is 11.2. The van der Waals surface area contributed by atoms with Gasteiger partial charge in [-0.1, -0.05) is 0 Å². The lowest BCUT2D eigenvalue weighted by atomic mass is 10.2. The smallest absolute Gasteiger partial charge is 0.473 e. The van der Waals surface area contributed by atoms with E-state index < -0.39 is 17.6 Å². The number of rotatable bonds is 18. The van der Waals surface area contributed by atoms with Gasteiger partial charge in [0, 0.05) is 54.7 Å². The Balaban J connectivity index is 3.72. The van der Waals surface area contributed by atoms with Gasteiger partial charge >= 0.3 is 17.6 Å². The Bertz CT molecular complexity index is 345. The first-order valence-electron chi connectivity index (χ1n) is 9.34. The van der Waals surface area contributed by atoms with E-state index in [0.29, 0.717) is 0 Å². The second kappa shape index (κ2) is 16.4. The van der Waals surface area contributed by atoms with E-state index in [9.17, 15) is 0 Å². The standard InChI is InChI=1S/C18H38O7Si2/c1-19-26(20-2,21-3)17-13-9-7-11-15-25-16-12-8-10-14-18-27(22-4,23-5)24-6/h11-12,15-16H,7-10,13-14,17-18H2,1-6H3. The Hall–Kier alpha value is -0.526. The van der Waals surface area contributed by atoms with E-state index in [4.69, 9.17) is 31.3 Å². The van der Waals surface area contributed by atoms with E-state index in [-0.39, 0.29) is 0 Å². The number of unbranched alkanes of at least 4 members (excludes halogenated alkanes) is 4. The molecule has 0 aromatic carbocycles. The minimum Gasteiger partial charge on any atom is -0.473 e. The molecule has 0 aromatic heterocycles. The van der Waals surface area contributed by atoms with E-state index in [0.717, 1.165) is 50.6 Å². The number of ether oxygens (including phenoxy) is 1. The van der Waals surface area contributed by atoms with Gasteiger partial charge in [0.15, 0.2) is 0 Å². The average molecular weight is 423 g/mol. The highest BCUT2D eigenvalue weighted by molar-refractivity contribution is 6.60. The summed E-state index contributed by atoms with van der Waals surface area (Å²) in [5.41, 5.74) is 0. The van der Waals surface area contributed by atoms with Crippen molar-refractivity contribution in [3.8, 4) is 0 Å². The minimum absolute atomic E-state index is 0.824. The molecule has 0 rings (SSSR count). The average Bonchev–Trinajstić information content (AvgIpc) is 2.72. The van der Waals surface area contributed by atoms with Crippen molar-refractivity contribution in [3.63, 3.8) is 0 Å². The molecule has 0 amide bonds. The van der Waals surface area contributed by atoms with Crippen LogP contribution in [0.1, 0.15) is 38.5 Å². The maximum atomic E-state index is 5.40. The van der Waals surface area contributed by atoms with E-state index >= 15 is 0 Å². The van der Waals surface area contributed by atoms with Gasteiger partial charge in [-0.05, 0) is 50.7 Å². The summed E-state index contributed by atoms with van der Waals surface area (Å²) < 4.78 is 37.8. The summed E-state index contributed by atoms with van der Waals surface area (Å²) >= 11 is 0. The summed E-state index contributed by atoms with van der Waals surface area (Å²) in [7, 11) is 5.02. The molecule has 0 heterocycles. The van der Waals surface area contributed by atoms with Crippen LogP contribution in [0.2, 0.25) is 12.1 Å². The van der Waals surface area contributed by atoms with Gasteiger partial charge in [0.2, 0.25) is 0 Å². The molecule has 9 heteroatoms. The van der Waals surface area contributed by atoms with Crippen molar-refractivity contribution >= 4 is 17.6 Å². The molecule has 27 heavy (non-hydrogen) atoms. The second-order valence-electron chi connectivity index (χ2n) is 5.96. The Kier molecular flexibility index (Phi) is 16.1. The first kappa shape index (κ1) is 26.5. The van der Waals surface area contributed by atoms with Crippen molar-refractivity contribution in [1.29, 1.82) is 0 Å². The third-order valence-electron chi connectivity index (χ3n) is 4.42. The van der Waals surface area contributed by atoms with Crippen LogP contribution in [-0.2, 0) is 31.3 Å². The molecule has 0 aliphatic rings. The van der Waals surface area contributed by atoms with Gasteiger partial charge in [0.1, 0.15) is 0 Å². The lowest BCUT2D eigenvalue weighted by molar-refractivity contribution is 0.122. The summed E-state index contributed by atoms with van der Waals surface area (Å²) in [6.45, 7) is 0. The molecule has 160 valence electrons. The highest BCUT2D eigenvalue weighted by Crippen LogP contribution is 2.18. The molecule has 0 aromatic rings. The Labute approximate surface area is 167 Å². The SMILES string of the molecule is CO[Si](CCCCC=COC=CCCCC[Si](OC)(OC)OC)(OC)OC. The lowest BCUT2D eigenvalue weighted by Crippen LogP contribution is -2.42. The third-order valence-corrected chi connectivity index (χ3v) is 10.1. The molecule has 0 N–H and O–H groups in total. The van der Waals surface area contributed by atoms with Crippen molar-refractivity contribution in [3.05, 3.63) is 24.7 Å². The van der Waals surface area contributed by atoms with Crippen molar-refractivity contribution in [1.82, 2.24) is 0 Å². The topological polar surface area (TPSA) is 64.6 Å². The van der Waals surface area contributed by atoms with Crippen LogP contribution in [0.4, 0.5) is 0 Å². The van der Waals surface area contributed by atoms with Crippen molar-refractivity contribution < 1.29 is 31.3 Å².